The van der Waals surface area contributed by atoms with Crippen LogP contribution in [0.25, 0.3) is 0 Å². The van der Waals surface area contributed by atoms with Gasteiger partial charge in [-0.1, -0.05) is 6.92 Å². The monoisotopic (exact) mass is 254 g/mol. The molecule has 1 amide bonds. The Balaban J connectivity index is 2.53. The molecule has 0 radical (unpaired) electrons. The number of nitrogens with zero attached hydrogens (tertiary/aromatic N) is 1. The molecule has 1 aromatic heterocycles. The average Bonchev–Trinajstić information content (AvgIpc) is 2.73. The van der Waals surface area contributed by atoms with Gasteiger partial charge in [0.1, 0.15) is 5.76 Å². The summed E-state index contributed by atoms with van der Waals surface area (Å²) in [4.78, 5) is 14.4. The van der Waals surface area contributed by atoms with Crippen molar-refractivity contribution in [2.24, 2.45) is 0 Å². The molecule has 1 aromatic rings. The first kappa shape index (κ1) is 13.5. The number of rotatable bonds is 5. The van der Waals surface area contributed by atoms with Crippen LogP contribution in [0.1, 0.15) is 18.6 Å². The maximum absolute atomic E-state index is 12.5. The van der Waals surface area contributed by atoms with E-state index in [4.69, 9.17) is 4.42 Å². The Hall–Kier alpha value is -1.60. The highest BCUT2D eigenvalue weighted by Crippen LogP contribution is 2.22. The van der Waals surface area contributed by atoms with E-state index >= 15 is 0 Å². The van der Waals surface area contributed by atoms with Gasteiger partial charge < -0.3 is 9.73 Å². The van der Waals surface area contributed by atoms with Crippen LogP contribution in [0.4, 0.5) is 17.6 Å². The Labute approximate surface area is 94.0 Å². The first-order valence-electron chi connectivity index (χ1n) is 4.75. The lowest BCUT2D eigenvalue weighted by Gasteiger charge is -2.13. The zero-order valence-electron chi connectivity index (χ0n) is 8.84. The Bertz CT molecular complexity index is 392. The molecule has 0 bridgehead atoms. The summed E-state index contributed by atoms with van der Waals surface area (Å²) in [5.74, 6) is -6.26. The van der Waals surface area contributed by atoms with E-state index in [0.29, 0.717) is 12.2 Å². The molecular weight excluding hydrogens is 244 g/mol. The van der Waals surface area contributed by atoms with Crippen molar-refractivity contribution in [2.45, 2.75) is 32.2 Å². The van der Waals surface area contributed by atoms with Crippen LogP contribution in [0.3, 0.4) is 0 Å². The van der Waals surface area contributed by atoms with Gasteiger partial charge in [0.05, 0.1) is 12.7 Å². The molecule has 8 heteroatoms. The Morgan fingerprint density at radius 3 is 2.71 bits per heavy atom. The van der Waals surface area contributed by atoms with Gasteiger partial charge in [-0.3, -0.25) is 4.79 Å². The van der Waals surface area contributed by atoms with Gasteiger partial charge in [0, 0.05) is 6.42 Å². The first-order chi connectivity index (χ1) is 7.87. The fraction of sp³-hybridized carbons (Fsp3) is 0.556. The van der Waals surface area contributed by atoms with Crippen LogP contribution in [0.2, 0.25) is 0 Å². The van der Waals surface area contributed by atoms with Gasteiger partial charge in [-0.05, 0) is 0 Å². The predicted octanol–water partition coefficient (Wildman–Crippen LogP) is 1.75. The molecule has 1 N–H and O–H groups in total. The summed E-state index contributed by atoms with van der Waals surface area (Å²) < 4.78 is 53.6. The summed E-state index contributed by atoms with van der Waals surface area (Å²) in [7, 11) is 0. The van der Waals surface area contributed by atoms with Gasteiger partial charge in [0.25, 0.3) is 5.91 Å². The zero-order valence-corrected chi connectivity index (χ0v) is 8.84. The first-order valence-corrected chi connectivity index (χ1v) is 4.75. The highest BCUT2D eigenvalue weighted by atomic mass is 19.3. The van der Waals surface area contributed by atoms with Gasteiger partial charge >= 0.3 is 12.3 Å². The van der Waals surface area contributed by atoms with E-state index in [0.717, 1.165) is 0 Å². The van der Waals surface area contributed by atoms with Crippen molar-refractivity contribution in [1.82, 2.24) is 10.3 Å². The van der Waals surface area contributed by atoms with E-state index in [2.05, 4.69) is 4.98 Å². The molecule has 0 fully saturated rings. The van der Waals surface area contributed by atoms with Gasteiger partial charge in [0.15, 0.2) is 0 Å². The summed E-state index contributed by atoms with van der Waals surface area (Å²) in [5.41, 5.74) is 0. The van der Waals surface area contributed by atoms with Crippen LogP contribution in [0.15, 0.2) is 10.6 Å². The number of nitrogens with one attached hydrogen (secondary N) is 1. The minimum Gasteiger partial charge on any atom is -0.444 e. The zero-order chi connectivity index (χ0) is 13.1. The highest BCUT2D eigenvalue weighted by molar-refractivity contribution is 5.83. The normalized spacial score (nSPS) is 11.9. The number of oxazole rings is 1. The average molecular weight is 254 g/mol. The minimum absolute atomic E-state index is 0.0136. The molecule has 1 heterocycles. The van der Waals surface area contributed by atoms with Crippen LogP contribution in [0, 0.1) is 0 Å². The van der Waals surface area contributed by atoms with Crippen molar-refractivity contribution < 1.29 is 26.8 Å². The summed E-state index contributed by atoms with van der Waals surface area (Å²) in [6, 6.07) is 0. The lowest BCUT2D eigenvalue weighted by molar-refractivity contribution is -0.169. The van der Waals surface area contributed by atoms with Crippen LogP contribution in [-0.4, -0.2) is 23.2 Å². The molecule has 0 aliphatic heterocycles. The van der Waals surface area contributed by atoms with E-state index in [-0.39, 0.29) is 5.89 Å². The lowest BCUT2D eigenvalue weighted by atomic mass is 10.3. The second kappa shape index (κ2) is 5.15. The van der Waals surface area contributed by atoms with E-state index in [1.807, 2.05) is 0 Å². The van der Waals surface area contributed by atoms with Crippen molar-refractivity contribution in [3.05, 3.63) is 17.8 Å². The third kappa shape index (κ3) is 3.18. The van der Waals surface area contributed by atoms with Crippen LogP contribution in [-0.2, 0) is 17.8 Å². The summed E-state index contributed by atoms with van der Waals surface area (Å²) in [5, 5.41) is 1.63. The number of hydrogen-bond donors (Lipinski definition) is 1. The number of aryl methyl sites for hydroxylation is 1. The Morgan fingerprint density at radius 2 is 2.24 bits per heavy atom. The van der Waals surface area contributed by atoms with Crippen molar-refractivity contribution >= 4 is 5.91 Å². The Morgan fingerprint density at radius 1 is 1.59 bits per heavy atom. The lowest BCUT2D eigenvalue weighted by Crippen LogP contribution is -2.44. The number of carbonyl (C=O) groups is 1. The predicted molar refractivity (Wildman–Crippen MR) is 48.7 cm³/mol. The van der Waals surface area contributed by atoms with E-state index in [1.165, 1.54) is 6.20 Å². The molecule has 0 aliphatic rings. The molecule has 96 valence electrons. The number of carbonyl (C=O) groups excluding carboxylic acids is 1. The standard InChI is InChI=1S/C9H10F4N2O2/c1-2-5-3-14-6(17-5)4-15-8(16)9(12,13)7(10)11/h3,7H,2,4H2,1H3,(H,15,16). The molecule has 0 saturated heterocycles. The van der Waals surface area contributed by atoms with Crippen molar-refractivity contribution in [2.75, 3.05) is 0 Å². The molecule has 0 spiro atoms. The van der Waals surface area contributed by atoms with E-state index in [1.54, 1.807) is 12.2 Å². The molecule has 0 saturated carbocycles. The topological polar surface area (TPSA) is 55.1 Å². The fourth-order valence-corrected chi connectivity index (χ4v) is 0.966. The maximum atomic E-state index is 12.5. The molecule has 0 aromatic carbocycles. The number of amides is 1. The number of hydrogen-bond acceptors (Lipinski definition) is 3. The highest BCUT2D eigenvalue weighted by Gasteiger charge is 2.48. The molecule has 0 atom stereocenters. The molecular formula is C9H10F4N2O2. The summed E-state index contributed by atoms with van der Waals surface area (Å²) in [6.07, 6.45) is -2.13. The SMILES string of the molecule is CCc1cnc(CNC(=O)C(F)(F)C(F)F)o1. The number of alkyl halides is 4. The van der Waals surface area contributed by atoms with Gasteiger partial charge in [0.2, 0.25) is 5.89 Å². The van der Waals surface area contributed by atoms with Gasteiger partial charge in [-0.15, -0.1) is 0 Å². The van der Waals surface area contributed by atoms with Crippen LogP contribution >= 0.6 is 0 Å². The van der Waals surface area contributed by atoms with E-state index in [9.17, 15) is 22.4 Å². The molecule has 17 heavy (non-hydrogen) atoms. The number of aromatic nitrogens is 1. The van der Waals surface area contributed by atoms with Crippen LogP contribution in [0.5, 0.6) is 0 Å². The van der Waals surface area contributed by atoms with Crippen molar-refractivity contribution in [3.63, 3.8) is 0 Å². The largest absolute Gasteiger partial charge is 0.444 e. The second-order valence-corrected chi connectivity index (χ2v) is 3.18. The van der Waals surface area contributed by atoms with Gasteiger partial charge in [-0.2, -0.15) is 8.78 Å². The summed E-state index contributed by atoms with van der Waals surface area (Å²) >= 11 is 0. The third-order valence-corrected chi connectivity index (χ3v) is 1.93. The Kier molecular flexibility index (Phi) is 4.08. The second-order valence-electron chi connectivity index (χ2n) is 3.18. The van der Waals surface area contributed by atoms with Gasteiger partial charge in [-0.25, -0.2) is 13.8 Å². The molecule has 0 aliphatic carbocycles. The molecule has 4 nitrogen and oxygen atoms in total. The summed E-state index contributed by atoms with van der Waals surface area (Å²) in [6.45, 7) is 1.33. The minimum atomic E-state index is -4.71. The van der Waals surface area contributed by atoms with Crippen molar-refractivity contribution in [1.29, 1.82) is 0 Å². The fourth-order valence-electron chi connectivity index (χ4n) is 0.966. The van der Waals surface area contributed by atoms with E-state index < -0.39 is 24.8 Å². The van der Waals surface area contributed by atoms with Crippen molar-refractivity contribution in [3.8, 4) is 0 Å². The molecule has 0 unspecified atom stereocenters. The smallest absolute Gasteiger partial charge is 0.383 e. The number of halogens is 4. The van der Waals surface area contributed by atoms with Crippen LogP contribution < -0.4 is 5.32 Å². The molecule has 1 rings (SSSR count). The quantitative estimate of drug-likeness (QED) is 0.814. The maximum Gasteiger partial charge on any atom is 0.383 e. The third-order valence-electron chi connectivity index (χ3n) is 1.93.